The summed E-state index contributed by atoms with van der Waals surface area (Å²) >= 11 is 0. The highest BCUT2D eigenvalue weighted by molar-refractivity contribution is 5.85. The van der Waals surface area contributed by atoms with Crippen LogP contribution in [0.15, 0.2) is 48.5 Å². The van der Waals surface area contributed by atoms with Crippen molar-refractivity contribution >= 4 is 11.0 Å². The highest BCUT2D eigenvalue weighted by Crippen LogP contribution is 2.30. The molecule has 4 rings (SSSR count). The predicted molar refractivity (Wildman–Crippen MR) is 105 cm³/mol. The van der Waals surface area contributed by atoms with E-state index in [2.05, 4.69) is 35.9 Å². The molecule has 0 aliphatic rings. The molecule has 0 saturated heterocycles. The number of aromatic nitrogens is 4. The minimum atomic E-state index is 0.766. The van der Waals surface area contributed by atoms with Crippen molar-refractivity contribution in [3.63, 3.8) is 0 Å². The Hall–Kier alpha value is -3.14. The molecular formula is C22H20N4. The maximum Gasteiger partial charge on any atom is 0.117 e. The molecule has 1 aromatic carbocycles. The maximum atomic E-state index is 4.93. The van der Waals surface area contributed by atoms with Crippen LogP contribution >= 0.6 is 0 Å². The van der Waals surface area contributed by atoms with Crippen molar-refractivity contribution in [2.24, 2.45) is 0 Å². The largest absolute Gasteiger partial charge is 0.251 e. The summed E-state index contributed by atoms with van der Waals surface area (Å²) in [6, 6.07) is 16.1. The highest BCUT2D eigenvalue weighted by atomic mass is 14.9. The first-order chi connectivity index (χ1) is 12.5. The average molecular weight is 340 g/mol. The van der Waals surface area contributed by atoms with Crippen molar-refractivity contribution in [1.82, 2.24) is 19.9 Å². The molecule has 0 fully saturated rings. The Morgan fingerprint density at radius 2 is 0.962 bits per heavy atom. The molecule has 0 aliphatic heterocycles. The number of hydrogen-bond acceptors (Lipinski definition) is 4. The molecule has 0 bridgehead atoms. The summed E-state index contributed by atoms with van der Waals surface area (Å²) in [6.45, 7) is 8.15. The van der Waals surface area contributed by atoms with Gasteiger partial charge in [0.2, 0.25) is 0 Å². The molecule has 3 heterocycles. The topological polar surface area (TPSA) is 51.6 Å². The molecule has 0 spiro atoms. The Kier molecular flexibility index (Phi) is 3.96. The fourth-order valence-corrected chi connectivity index (χ4v) is 3.02. The lowest BCUT2D eigenvalue weighted by Gasteiger charge is -2.11. The van der Waals surface area contributed by atoms with Gasteiger partial charge in [-0.2, -0.15) is 0 Å². The van der Waals surface area contributed by atoms with Crippen LogP contribution in [0, 0.1) is 27.7 Å². The van der Waals surface area contributed by atoms with Crippen molar-refractivity contribution in [1.29, 1.82) is 0 Å². The minimum Gasteiger partial charge on any atom is -0.251 e. The Bertz CT molecular complexity index is 1040. The van der Waals surface area contributed by atoms with Gasteiger partial charge in [-0.15, -0.1) is 0 Å². The van der Waals surface area contributed by atoms with Crippen LogP contribution in [0.4, 0.5) is 0 Å². The van der Waals surface area contributed by atoms with Gasteiger partial charge in [0.05, 0.1) is 22.4 Å². The van der Waals surface area contributed by atoms with E-state index in [0.717, 1.165) is 45.2 Å². The van der Waals surface area contributed by atoms with Crippen molar-refractivity contribution in [3.8, 4) is 22.8 Å². The average Bonchev–Trinajstić information content (AvgIpc) is 2.62. The van der Waals surface area contributed by atoms with Crippen molar-refractivity contribution in [2.75, 3.05) is 0 Å². The summed E-state index contributed by atoms with van der Waals surface area (Å²) in [4.78, 5) is 19.2. The highest BCUT2D eigenvalue weighted by Gasteiger charge is 2.16. The van der Waals surface area contributed by atoms with Gasteiger partial charge >= 0.3 is 0 Å². The summed E-state index contributed by atoms with van der Waals surface area (Å²) in [5.74, 6) is 0. The molecule has 3 aromatic heterocycles. The fourth-order valence-electron chi connectivity index (χ4n) is 3.02. The van der Waals surface area contributed by atoms with E-state index in [1.165, 1.54) is 11.1 Å². The molecule has 0 saturated carbocycles. The number of nitrogens with zero attached hydrogens (tertiary/aromatic N) is 4. The van der Waals surface area contributed by atoms with E-state index < -0.39 is 0 Å². The van der Waals surface area contributed by atoms with Crippen molar-refractivity contribution in [3.05, 3.63) is 71.0 Å². The summed E-state index contributed by atoms with van der Waals surface area (Å²) in [7, 11) is 0. The van der Waals surface area contributed by atoms with E-state index in [1.54, 1.807) is 0 Å². The lowest BCUT2D eigenvalue weighted by Crippen LogP contribution is -2.00. The van der Waals surface area contributed by atoms with E-state index in [0.29, 0.717) is 0 Å². The van der Waals surface area contributed by atoms with Crippen LogP contribution in [0.2, 0.25) is 0 Å². The van der Waals surface area contributed by atoms with Crippen LogP contribution in [0.3, 0.4) is 0 Å². The molecule has 0 unspecified atom stereocenters. The first kappa shape index (κ1) is 16.3. The van der Waals surface area contributed by atoms with Gasteiger partial charge in [0.25, 0.3) is 0 Å². The third kappa shape index (κ3) is 2.94. The molecule has 0 amide bonds. The van der Waals surface area contributed by atoms with E-state index in [9.17, 15) is 0 Å². The van der Waals surface area contributed by atoms with Crippen LogP contribution in [-0.4, -0.2) is 19.9 Å². The first-order valence-electron chi connectivity index (χ1n) is 8.68. The smallest absolute Gasteiger partial charge is 0.117 e. The van der Waals surface area contributed by atoms with Gasteiger partial charge in [-0.05, 0) is 75.2 Å². The third-order valence-corrected chi connectivity index (χ3v) is 4.54. The zero-order chi connectivity index (χ0) is 18.3. The summed E-state index contributed by atoms with van der Waals surface area (Å²) in [6.07, 6.45) is 0. The van der Waals surface area contributed by atoms with Crippen LogP contribution in [-0.2, 0) is 0 Å². The Morgan fingerprint density at radius 3 is 1.35 bits per heavy atom. The third-order valence-electron chi connectivity index (χ3n) is 4.54. The summed E-state index contributed by atoms with van der Waals surface area (Å²) in [5, 5.41) is 0. The van der Waals surface area contributed by atoms with Gasteiger partial charge in [-0.25, -0.2) is 9.97 Å². The molecule has 128 valence electrons. The van der Waals surface area contributed by atoms with Crippen LogP contribution in [0.5, 0.6) is 0 Å². The molecule has 0 radical (unpaired) electrons. The van der Waals surface area contributed by atoms with Crippen molar-refractivity contribution in [2.45, 2.75) is 27.7 Å². The number of hydrogen-bond donors (Lipinski definition) is 0. The zero-order valence-corrected chi connectivity index (χ0v) is 15.4. The van der Waals surface area contributed by atoms with E-state index >= 15 is 0 Å². The van der Waals surface area contributed by atoms with E-state index in [4.69, 9.17) is 9.97 Å². The monoisotopic (exact) mass is 340 g/mol. The van der Waals surface area contributed by atoms with E-state index in [-0.39, 0.29) is 0 Å². The second-order valence-corrected chi connectivity index (χ2v) is 6.67. The maximum absolute atomic E-state index is 4.93. The van der Waals surface area contributed by atoms with Gasteiger partial charge in [0.1, 0.15) is 11.4 Å². The Morgan fingerprint density at radius 1 is 0.538 bits per heavy atom. The number of aryl methyl sites for hydroxylation is 4. The number of rotatable bonds is 2. The van der Waals surface area contributed by atoms with Crippen LogP contribution < -0.4 is 0 Å². The van der Waals surface area contributed by atoms with Crippen LogP contribution in [0.1, 0.15) is 22.5 Å². The molecular weight excluding hydrogens is 320 g/mol. The van der Waals surface area contributed by atoms with Gasteiger partial charge in [-0.1, -0.05) is 12.1 Å². The molecule has 0 N–H and O–H groups in total. The molecule has 0 aliphatic carbocycles. The van der Waals surface area contributed by atoms with Gasteiger partial charge in [0.15, 0.2) is 0 Å². The quantitative estimate of drug-likeness (QED) is 0.516. The lowest BCUT2D eigenvalue weighted by molar-refractivity contribution is 1.15. The molecule has 26 heavy (non-hydrogen) atoms. The Labute approximate surface area is 153 Å². The fraction of sp³-hybridized carbons (Fsp3) is 0.182. The molecule has 4 nitrogen and oxygen atoms in total. The van der Waals surface area contributed by atoms with Gasteiger partial charge < -0.3 is 0 Å². The standard InChI is InChI=1S/C22H20N4/c1-13-11-19-20(12-14(13)2)26-22(18-10-6-8-16(4)24-18)21(25-19)17-9-5-7-15(3)23-17/h5-12H,1-4H3. The van der Waals surface area contributed by atoms with Crippen LogP contribution in [0.25, 0.3) is 33.8 Å². The molecule has 0 atom stereocenters. The van der Waals surface area contributed by atoms with E-state index in [1.807, 2.05) is 50.2 Å². The second kappa shape index (κ2) is 6.30. The summed E-state index contributed by atoms with van der Waals surface area (Å²) < 4.78 is 0. The molecule has 4 aromatic rings. The molecule has 4 heteroatoms. The lowest BCUT2D eigenvalue weighted by atomic mass is 10.1. The predicted octanol–water partition coefficient (Wildman–Crippen LogP) is 4.99. The number of fused-ring (bicyclic) bond motifs is 1. The summed E-state index contributed by atoms with van der Waals surface area (Å²) in [5.41, 5.74) is 9.23. The minimum absolute atomic E-state index is 0.766. The normalized spacial score (nSPS) is 11.1. The number of pyridine rings is 2. The first-order valence-corrected chi connectivity index (χ1v) is 8.68. The number of benzene rings is 1. The Balaban J connectivity index is 2.06. The van der Waals surface area contributed by atoms with Gasteiger partial charge in [-0.3, -0.25) is 9.97 Å². The second-order valence-electron chi connectivity index (χ2n) is 6.67. The SMILES string of the molecule is Cc1cccc(-c2nc3cc(C)c(C)cc3nc2-c2cccc(C)n2)n1. The zero-order valence-electron chi connectivity index (χ0n) is 15.4. The van der Waals surface area contributed by atoms with Gasteiger partial charge in [0, 0.05) is 11.4 Å². The van der Waals surface area contributed by atoms with Crippen molar-refractivity contribution < 1.29 is 0 Å².